The highest BCUT2D eigenvalue weighted by molar-refractivity contribution is 5.87. The number of hydrogen-bond acceptors (Lipinski definition) is 5. The van der Waals surface area contributed by atoms with E-state index in [1.165, 1.54) is 7.05 Å². The third-order valence-corrected chi connectivity index (χ3v) is 7.23. The predicted octanol–water partition coefficient (Wildman–Crippen LogP) is 4.30. The number of alkyl halides is 3. The molecule has 1 aliphatic heterocycles. The summed E-state index contributed by atoms with van der Waals surface area (Å²) in [5, 5.41) is 9.15. The van der Waals surface area contributed by atoms with Crippen molar-refractivity contribution in [2.24, 2.45) is 14.1 Å². The molecule has 0 bridgehead atoms. The average Bonchev–Trinajstić information content (AvgIpc) is 3.14. The zero-order valence-corrected chi connectivity index (χ0v) is 21.1. The van der Waals surface area contributed by atoms with E-state index < -0.39 is 41.0 Å². The summed E-state index contributed by atoms with van der Waals surface area (Å²) in [6.45, 7) is 5.69. The van der Waals surface area contributed by atoms with Crippen molar-refractivity contribution in [3.8, 4) is 6.07 Å². The van der Waals surface area contributed by atoms with Crippen molar-refractivity contribution < 1.29 is 22.0 Å². The predicted molar refractivity (Wildman–Crippen MR) is 128 cm³/mol. The molecule has 12 heteroatoms. The summed E-state index contributed by atoms with van der Waals surface area (Å²) in [5.74, 6) is -1.57. The molecule has 1 unspecified atom stereocenters. The third-order valence-electron chi connectivity index (χ3n) is 7.23. The zero-order chi connectivity index (χ0) is 27.4. The molecule has 0 radical (unpaired) electrons. The molecule has 1 aromatic carbocycles. The van der Waals surface area contributed by atoms with Crippen molar-refractivity contribution in [1.29, 1.82) is 5.26 Å². The molecule has 3 atom stereocenters. The van der Waals surface area contributed by atoms with E-state index in [9.17, 15) is 22.4 Å². The van der Waals surface area contributed by atoms with E-state index in [0.29, 0.717) is 17.5 Å². The second-order valence-corrected chi connectivity index (χ2v) is 9.57. The highest BCUT2D eigenvalue weighted by Crippen LogP contribution is 2.39. The fourth-order valence-electron chi connectivity index (χ4n) is 5.34. The summed E-state index contributed by atoms with van der Waals surface area (Å²) < 4.78 is 72.9. The van der Waals surface area contributed by atoms with Gasteiger partial charge in [-0.3, -0.25) is 14.3 Å². The van der Waals surface area contributed by atoms with Gasteiger partial charge in [0.1, 0.15) is 28.5 Å². The first kappa shape index (κ1) is 26.6. The Labute approximate surface area is 210 Å². The fraction of sp³-hybridized carbons (Fsp3) is 0.480. The Morgan fingerprint density at radius 1 is 1.14 bits per heavy atom. The van der Waals surface area contributed by atoms with E-state index >= 15 is 4.39 Å². The largest absolute Gasteiger partial charge is 0.416 e. The van der Waals surface area contributed by atoms with Crippen LogP contribution in [0.1, 0.15) is 43.8 Å². The van der Waals surface area contributed by atoms with Crippen molar-refractivity contribution in [3.05, 3.63) is 57.1 Å². The Morgan fingerprint density at radius 3 is 2.43 bits per heavy atom. The molecule has 3 aromatic rings. The number of nitriles is 1. The molecular weight excluding hydrogens is 495 g/mol. The summed E-state index contributed by atoms with van der Waals surface area (Å²) in [5.41, 5.74) is -1.29. The first-order valence-corrected chi connectivity index (χ1v) is 11.8. The van der Waals surface area contributed by atoms with Crippen LogP contribution in [-0.2, 0) is 26.7 Å². The molecular formula is C25H27F5N6O. The number of anilines is 1. The number of aryl methyl sites for hydroxylation is 2. The Bertz CT molecular complexity index is 1450. The van der Waals surface area contributed by atoms with Gasteiger partial charge >= 0.3 is 6.18 Å². The minimum Gasteiger partial charge on any atom is -0.362 e. The Kier molecular flexibility index (Phi) is 6.79. The molecule has 0 aliphatic carbocycles. The molecule has 4 rings (SSSR count). The highest BCUT2D eigenvalue weighted by atomic mass is 19.4. The van der Waals surface area contributed by atoms with Gasteiger partial charge < -0.3 is 9.47 Å². The van der Waals surface area contributed by atoms with Crippen molar-refractivity contribution in [2.45, 2.75) is 51.5 Å². The number of halogens is 5. The molecule has 7 nitrogen and oxygen atoms in total. The maximum absolute atomic E-state index is 15.5. The molecule has 1 saturated heterocycles. The standard InChI is InChI=1S/C25H27F5N6O/c1-13-12-36(22-20(27)24(37)34(5)23-21(22)32-19(8-9-31)33(23)4)14(2)11-35(13)15(3)17-7-6-16(26)10-18(17)25(28,29)30/h6-7,10,13-15H,8,11-12H2,1-5H3/t13-,14+,15?/m1/s1. The van der Waals surface area contributed by atoms with Crippen LogP contribution in [0.25, 0.3) is 11.2 Å². The lowest BCUT2D eigenvalue weighted by molar-refractivity contribution is -0.139. The molecule has 1 aliphatic rings. The van der Waals surface area contributed by atoms with Crippen LogP contribution < -0.4 is 10.5 Å². The average molecular weight is 523 g/mol. The van der Waals surface area contributed by atoms with E-state index in [0.717, 1.165) is 16.7 Å². The molecule has 1 fully saturated rings. The first-order valence-electron chi connectivity index (χ1n) is 11.8. The number of benzene rings is 1. The molecule has 3 heterocycles. The first-order chi connectivity index (χ1) is 17.3. The lowest BCUT2D eigenvalue weighted by Gasteiger charge is -2.48. The summed E-state index contributed by atoms with van der Waals surface area (Å²) in [7, 11) is 3.08. The SMILES string of the molecule is CC(c1ccc(F)cc1C(F)(F)F)N1C[C@H](C)N(c2c(F)c(=O)n(C)c3c2nc(CC#N)n3C)C[C@H]1C. The van der Waals surface area contributed by atoms with Crippen LogP contribution in [0.2, 0.25) is 0 Å². The molecule has 37 heavy (non-hydrogen) atoms. The van der Waals surface area contributed by atoms with Gasteiger partial charge in [-0.2, -0.15) is 22.8 Å². The topological polar surface area (TPSA) is 70.1 Å². The van der Waals surface area contributed by atoms with Crippen molar-refractivity contribution in [3.63, 3.8) is 0 Å². The van der Waals surface area contributed by atoms with Crippen LogP contribution in [0, 0.1) is 23.0 Å². The zero-order valence-electron chi connectivity index (χ0n) is 21.1. The van der Waals surface area contributed by atoms with Gasteiger partial charge in [-0.05, 0) is 38.5 Å². The van der Waals surface area contributed by atoms with Gasteiger partial charge in [0, 0.05) is 45.3 Å². The van der Waals surface area contributed by atoms with E-state index in [-0.39, 0.29) is 42.3 Å². The molecule has 2 aromatic heterocycles. The second kappa shape index (κ2) is 9.45. The second-order valence-electron chi connectivity index (χ2n) is 9.57. The quantitative estimate of drug-likeness (QED) is 0.478. The number of rotatable bonds is 4. The lowest BCUT2D eigenvalue weighted by atomic mass is 9.96. The van der Waals surface area contributed by atoms with E-state index in [2.05, 4.69) is 4.98 Å². The van der Waals surface area contributed by atoms with E-state index in [4.69, 9.17) is 5.26 Å². The number of aromatic nitrogens is 3. The number of pyridine rings is 1. The van der Waals surface area contributed by atoms with Crippen molar-refractivity contribution in [2.75, 3.05) is 18.0 Å². The van der Waals surface area contributed by atoms with E-state index in [1.807, 2.05) is 17.9 Å². The van der Waals surface area contributed by atoms with Crippen LogP contribution in [-0.4, -0.2) is 44.2 Å². The molecule has 0 spiro atoms. The Hall–Kier alpha value is -3.46. The normalized spacial score (nSPS) is 19.9. The molecule has 0 N–H and O–H groups in total. The minimum absolute atomic E-state index is 0.0160. The number of piperazine rings is 1. The van der Waals surface area contributed by atoms with Gasteiger partial charge in [-0.25, -0.2) is 9.37 Å². The molecule has 0 amide bonds. The molecule has 198 valence electrons. The van der Waals surface area contributed by atoms with Crippen LogP contribution in [0.15, 0.2) is 23.0 Å². The Morgan fingerprint density at radius 2 is 1.81 bits per heavy atom. The van der Waals surface area contributed by atoms with Gasteiger partial charge in [0.15, 0.2) is 0 Å². The van der Waals surface area contributed by atoms with Gasteiger partial charge in [0.2, 0.25) is 5.82 Å². The van der Waals surface area contributed by atoms with Crippen LogP contribution >= 0.6 is 0 Å². The van der Waals surface area contributed by atoms with Crippen LogP contribution in [0.5, 0.6) is 0 Å². The van der Waals surface area contributed by atoms with Gasteiger partial charge in [0.25, 0.3) is 5.56 Å². The number of fused-ring (bicyclic) bond motifs is 1. The number of imidazole rings is 1. The number of hydrogen-bond donors (Lipinski definition) is 0. The summed E-state index contributed by atoms with van der Waals surface area (Å²) in [6.07, 6.45) is -4.75. The summed E-state index contributed by atoms with van der Waals surface area (Å²) in [6, 6.07) is 3.22. The van der Waals surface area contributed by atoms with Crippen LogP contribution in [0.4, 0.5) is 27.6 Å². The van der Waals surface area contributed by atoms with Crippen LogP contribution in [0.3, 0.4) is 0 Å². The fourth-order valence-corrected chi connectivity index (χ4v) is 5.34. The Balaban J connectivity index is 1.75. The van der Waals surface area contributed by atoms with Crippen molar-refractivity contribution in [1.82, 2.24) is 19.0 Å². The summed E-state index contributed by atoms with van der Waals surface area (Å²) >= 11 is 0. The highest BCUT2D eigenvalue weighted by Gasteiger charge is 2.40. The van der Waals surface area contributed by atoms with Crippen molar-refractivity contribution >= 4 is 16.9 Å². The maximum atomic E-state index is 15.5. The monoisotopic (exact) mass is 522 g/mol. The minimum atomic E-state index is -4.72. The summed E-state index contributed by atoms with van der Waals surface area (Å²) in [4.78, 5) is 20.8. The van der Waals surface area contributed by atoms with E-state index in [1.54, 1.807) is 30.4 Å². The third kappa shape index (κ3) is 4.45. The van der Waals surface area contributed by atoms with Gasteiger partial charge in [-0.15, -0.1) is 0 Å². The molecule has 0 saturated carbocycles. The van der Waals surface area contributed by atoms with Gasteiger partial charge in [0.05, 0.1) is 18.1 Å². The van der Waals surface area contributed by atoms with Gasteiger partial charge in [-0.1, -0.05) is 6.07 Å². The maximum Gasteiger partial charge on any atom is 0.416 e. The number of nitrogens with zero attached hydrogens (tertiary/aromatic N) is 6. The lowest BCUT2D eigenvalue weighted by Crippen LogP contribution is -2.57. The smallest absolute Gasteiger partial charge is 0.362 e.